The molecule has 1 fully saturated rings. The van der Waals surface area contributed by atoms with Gasteiger partial charge >= 0.3 is 5.97 Å². The number of carbonyl (C=O) groups is 2. The zero-order valence-electron chi connectivity index (χ0n) is 24.0. The number of pyridine rings is 2. The zero-order valence-corrected chi connectivity index (χ0v) is 24.8. The first-order valence-electron chi connectivity index (χ1n) is 14.0. The fourth-order valence-electron chi connectivity index (χ4n) is 5.38. The van der Waals surface area contributed by atoms with E-state index < -0.39 is 12.0 Å². The number of fused-ring (bicyclic) bond motifs is 1. The van der Waals surface area contributed by atoms with Crippen LogP contribution in [0.25, 0.3) is 22.2 Å². The highest BCUT2D eigenvalue weighted by atomic mass is 32.2. The second-order valence-corrected chi connectivity index (χ2v) is 11.5. The molecule has 3 aromatic heterocycles. The number of nitrogens with one attached hydrogen (secondary N) is 1. The zero-order chi connectivity index (χ0) is 29.6. The minimum atomic E-state index is -0.942. The van der Waals surface area contributed by atoms with E-state index >= 15 is 0 Å². The molecule has 10 nitrogen and oxygen atoms in total. The highest BCUT2D eigenvalue weighted by Crippen LogP contribution is 2.32. The summed E-state index contributed by atoms with van der Waals surface area (Å²) < 4.78 is 0. The topological polar surface area (TPSA) is 124 Å². The molecule has 2 N–H and O–H groups in total. The van der Waals surface area contributed by atoms with Gasteiger partial charge in [0.2, 0.25) is 5.91 Å². The number of thioether (sulfide) groups is 1. The van der Waals surface area contributed by atoms with E-state index in [2.05, 4.69) is 37.5 Å². The summed E-state index contributed by atoms with van der Waals surface area (Å²) in [6.45, 7) is 5.06. The number of likely N-dealkylation sites (tertiary alicyclic amines) is 1. The van der Waals surface area contributed by atoms with Gasteiger partial charge in [-0.2, -0.15) is 11.8 Å². The number of aliphatic carboxylic acids is 1. The third-order valence-electron chi connectivity index (χ3n) is 7.71. The van der Waals surface area contributed by atoms with Gasteiger partial charge in [-0.05, 0) is 86.1 Å². The SMILES string of the molecule is CSCC[C@@H](C(=O)O)N(Nc1ncnc2cc(C3CCN(C(C)=O)CC3)ccc12)c1ccc(-c2ccnc(C)c2)nc1. The van der Waals surface area contributed by atoms with Crippen molar-refractivity contribution < 1.29 is 14.7 Å². The van der Waals surface area contributed by atoms with Gasteiger partial charge in [0.25, 0.3) is 0 Å². The number of hydrazine groups is 1. The van der Waals surface area contributed by atoms with E-state index in [0.29, 0.717) is 29.6 Å². The number of piperidine rings is 1. The fraction of sp³-hybridized carbons (Fsp3) is 0.355. The Balaban J connectivity index is 1.45. The smallest absolute Gasteiger partial charge is 0.328 e. The van der Waals surface area contributed by atoms with Crippen molar-refractivity contribution >= 4 is 46.0 Å². The minimum absolute atomic E-state index is 0.120. The van der Waals surface area contributed by atoms with Gasteiger partial charge < -0.3 is 10.0 Å². The Morgan fingerprint density at radius 3 is 2.57 bits per heavy atom. The Hall–Kier alpha value is -4.25. The molecule has 1 atom stereocenters. The summed E-state index contributed by atoms with van der Waals surface area (Å²) in [4.78, 5) is 44.1. The largest absolute Gasteiger partial charge is 0.480 e. The molecule has 1 aliphatic rings. The number of carbonyl (C=O) groups excluding carboxylic acids is 1. The third-order valence-corrected chi connectivity index (χ3v) is 8.35. The van der Waals surface area contributed by atoms with Gasteiger partial charge in [0.05, 0.1) is 23.1 Å². The van der Waals surface area contributed by atoms with Crippen LogP contribution in [-0.4, -0.2) is 73.0 Å². The lowest BCUT2D eigenvalue weighted by Crippen LogP contribution is -2.46. The fourth-order valence-corrected chi connectivity index (χ4v) is 5.84. The summed E-state index contributed by atoms with van der Waals surface area (Å²) in [5.41, 5.74) is 8.48. The number of rotatable bonds is 10. The van der Waals surface area contributed by atoms with Crippen molar-refractivity contribution in [3.8, 4) is 11.3 Å². The van der Waals surface area contributed by atoms with Crippen molar-refractivity contribution in [1.29, 1.82) is 0 Å². The molecule has 0 unspecified atom stereocenters. The van der Waals surface area contributed by atoms with Crippen molar-refractivity contribution in [2.75, 3.05) is 35.5 Å². The predicted molar refractivity (Wildman–Crippen MR) is 166 cm³/mol. The summed E-state index contributed by atoms with van der Waals surface area (Å²) in [6, 6.07) is 12.9. The van der Waals surface area contributed by atoms with Crippen molar-refractivity contribution in [2.45, 2.75) is 45.1 Å². The van der Waals surface area contributed by atoms with Gasteiger partial charge in [-0.15, -0.1) is 0 Å². The van der Waals surface area contributed by atoms with Crippen LogP contribution in [0, 0.1) is 6.92 Å². The second kappa shape index (κ2) is 13.2. The number of anilines is 2. The molecule has 5 rings (SSSR count). The van der Waals surface area contributed by atoms with Crippen LogP contribution in [0.15, 0.2) is 61.2 Å². The number of hydrogen-bond acceptors (Lipinski definition) is 9. The molecule has 1 amide bonds. The molecule has 4 heterocycles. The Kier molecular flexibility index (Phi) is 9.16. The molecule has 0 radical (unpaired) electrons. The molecule has 0 aliphatic carbocycles. The van der Waals surface area contributed by atoms with E-state index in [1.807, 2.05) is 48.4 Å². The van der Waals surface area contributed by atoms with Crippen molar-refractivity contribution in [2.24, 2.45) is 0 Å². The Bertz CT molecular complexity index is 1560. The average Bonchev–Trinajstić information content (AvgIpc) is 3.00. The van der Waals surface area contributed by atoms with Crippen molar-refractivity contribution in [3.05, 3.63) is 72.4 Å². The molecule has 1 saturated heterocycles. The second-order valence-electron chi connectivity index (χ2n) is 10.5. The van der Waals surface area contributed by atoms with Crippen LogP contribution in [-0.2, 0) is 9.59 Å². The van der Waals surface area contributed by atoms with Gasteiger partial charge in [0, 0.05) is 42.9 Å². The summed E-state index contributed by atoms with van der Waals surface area (Å²) >= 11 is 1.60. The van der Waals surface area contributed by atoms with Crippen LogP contribution in [0.2, 0.25) is 0 Å². The summed E-state index contributed by atoms with van der Waals surface area (Å²) in [7, 11) is 0. The number of benzene rings is 1. The number of nitrogens with zero attached hydrogens (tertiary/aromatic N) is 6. The van der Waals surface area contributed by atoms with Crippen molar-refractivity contribution in [1.82, 2.24) is 24.8 Å². The molecule has 0 bridgehead atoms. The first-order valence-corrected chi connectivity index (χ1v) is 15.4. The first kappa shape index (κ1) is 29.2. The molecular weight excluding hydrogens is 550 g/mol. The molecule has 11 heteroatoms. The van der Waals surface area contributed by atoms with Crippen LogP contribution in [0.5, 0.6) is 0 Å². The number of aryl methyl sites for hydroxylation is 1. The quantitative estimate of drug-likeness (QED) is 0.241. The maximum absolute atomic E-state index is 12.5. The monoisotopic (exact) mass is 585 g/mol. The minimum Gasteiger partial charge on any atom is -0.480 e. The molecule has 4 aromatic rings. The highest BCUT2D eigenvalue weighted by molar-refractivity contribution is 7.98. The number of carboxylic acid groups (broad SMARTS) is 1. The number of hydrogen-bond donors (Lipinski definition) is 2. The summed E-state index contributed by atoms with van der Waals surface area (Å²) in [6.07, 6.45) is 9.12. The van der Waals surface area contributed by atoms with Gasteiger partial charge in [0.15, 0.2) is 5.82 Å². The van der Waals surface area contributed by atoms with E-state index in [9.17, 15) is 14.7 Å². The van der Waals surface area contributed by atoms with Crippen LogP contribution in [0.4, 0.5) is 11.5 Å². The predicted octanol–water partition coefficient (Wildman–Crippen LogP) is 5.16. The molecule has 42 heavy (non-hydrogen) atoms. The Morgan fingerprint density at radius 2 is 1.90 bits per heavy atom. The maximum atomic E-state index is 12.5. The number of amides is 1. The lowest BCUT2D eigenvalue weighted by Gasteiger charge is -2.32. The molecule has 1 aliphatic heterocycles. The Morgan fingerprint density at radius 1 is 1.10 bits per heavy atom. The van der Waals surface area contributed by atoms with Gasteiger partial charge in [0.1, 0.15) is 12.4 Å². The van der Waals surface area contributed by atoms with E-state index in [0.717, 1.165) is 53.8 Å². The van der Waals surface area contributed by atoms with E-state index in [4.69, 9.17) is 0 Å². The molecular formula is C31H35N7O3S. The van der Waals surface area contributed by atoms with E-state index in [-0.39, 0.29) is 5.91 Å². The van der Waals surface area contributed by atoms with E-state index in [1.54, 1.807) is 36.1 Å². The third kappa shape index (κ3) is 6.62. The Labute approximate surface area is 249 Å². The first-order chi connectivity index (χ1) is 20.3. The molecule has 0 spiro atoms. The maximum Gasteiger partial charge on any atom is 0.328 e. The average molecular weight is 586 g/mol. The van der Waals surface area contributed by atoms with Gasteiger partial charge in [-0.25, -0.2) is 14.8 Å². The van der Waals surface area contributed by atoms with E-state index in [1.165, 1.54) is 11.9 Å². The lowest BCUT2D eigenvalue weighted by atomic mass is 9.89. The summed E-state index contributed by atoms with van der Waals surface area (Å²) in [5.74, 6) is 0.719. The van der Waals surface area contributed by atoms with Crippen molar-refractivity contribution in [3.63, 3.8) is 0 Å². The number of carboxylic acids is 1. The number of aromatic nitrogens is 4. The van der Waals surface area contributed by atoms with Crippen LogP contribution in [0.1, 0.15) is 43.4 Å². The van der Waals surface area contributed by atoms with Crippen LogP contribution < -0.4 is 10.4 Å². The van der Waals surface area contributed by atoms with Crippen LogP contribution >= 0.6 is 11.8 Å². The van der Waals surface area contributed by atoms with Crippen LogP contribution in [0.3, 0.4) is 0 Å². The standard InChI is InChI=1S/C31H35N7O3S/c1-20-16-24(8-12-32-20)27-7-5-25(18-33-27)38(29(31(40)41)11-15-42-3)36-30-26-6-4-23(17-28(26)34-19-35-30)22-9-13-37(14-10-22)21(2)39/h4-8,12,16-19,22,29H,9-11,13-15H2,1-3H3,(H,40,41)(H,34,35,36)/t29-/m0/s1. The highest BCUT2D eigenvalue weighted by Gasteiger charge is 2.28. The lowest BCUT2D eigenvalue weighted by molar-refractivity contribution is -0.138. The summed E-state index contributed by atoms with van der Waals surface area (Å²) in [5, 5.41) is 12.7. The molecule has 1 aromatic carbocycles. The van der Waals surface area contributed by atoms with Gasteiger partial charge in [-0.3, -0.25) is 25.2 Å². The normalized spacial score (nSPS) is 14.5. The molecule has 218 valence electrons. The van der Waals surface area contributed by atoms with Gasteiger partial charge in [-0.1, -0.05) is 6.07 Å². The molecule has 0 saturated carbocycles.